The lowest BCUT2D eigenvalue weighted by atomic mass is 10.2. The Labute approximate surface area is 77.2 Å². The molecule has 0 aliphatic heterocycles. The van der Waals surface area contributed by atoms with E-state index < -0.39 is 0 Å². The smallest absolute Gasteiger partial charge is 0.137 e. The van der Waals surface area contributed by atoms with Crippen LogP contribution in [0.1, 0.15) is 18.9 Å². The maximum absolute atomic E-state index is 5.90. The van der Waals surface area contributed by atoms with Crippen LogP contribution in [0.25, 0.3) is 0 Å². The van der Waals surface area contributed by atoms with Gasteiger partial charge in [-0.3, -0.25) is 0 Å². The molecule has 3 nitrogen and oxygen atoms in total. The molecule has 1 aromatic heterocycles. The zero-order valence-corrected chi connectivity index (χ0v) is 8.02. The molecule has 0 bridgehead atoms. The van der Waals surface area contributed by atoms with E-state index >= 15 is 0 Å². The summed E-state index contributed by atoms with van der Waals surface area (Å²) in [6.45, 7) is 2.10. The number of rotatable bonds is 3. The van der Waals surface area contributed by atoms with Gasteiger partial charge in [-0.05, 0) is 6.42 Å². The third-order valence-electron chi connectivity index (χ3n) is 1.63. The SMILES string of the molecule is CCCc1c(Cl)ncnc1NC. The second-order valence-corrected chi connectivity index (χ2v) is 2.85. The first kappa shape index (κ1) is 9.26. The van der Waals surface area contributed by atoms with Gasteiger partial charge in [0.1, 0.15) is 17.3 Å². The Kier molecular flexibility index (Phi) is 3.29. The Morgan fingerprint density at radius 1 is 1.50 bits per heavy atom. The summed E-state index contributed by atoms with van der Waals surface area (Å²) in [5.41, 5.74) is 1.00. The topological polar surface area (TPSA) is 37.8 Å². The van der Waals surface area contributed by atoms with E-state index in [0.29, 0.717) is 5.15 Å². The van der Waals surface area contributed by atoms with Gasteiger partial charge in [0.05, 0.1) is 0 Å². The minimum absolute atomic E-state index is 0.552. The van der Waals surface area contributed by atoms with Crippen LogP contribution in [-0.4, -0.2) is 17.0 Å². The van der Waals surface area contributed by atoms with Crippen molar-refractivity contribution in [1.29, 1.82) is 0 Å². The summed E-state index contributed by atoms with van der Waals surface area (Å²) in [4.78, 5) is 7.99. The van der Waals surface area contributed by atoms with Crippen molar-refractivity contribution in [2.24, 2.45) is 0 Å². The van der Waals surface area contributed by atoms with E-state index in [9.17, 15) is 0 Å². The van der Waals surface area contributed by atoms with Crippen LogP contribution in [0.15, 0.2) is 6.33 Å². The van der Waals surface area contributed by atoms with Gasteiger partial charge < -0.3 is 5.32 Å². The summed E-state index contributed by atoms with van der Waals surface area (Å²) in [7, 11) is 1.83. The van der Waals surface area contributed by atoms with E-state index in [-0.39, 0.29) is 0 Å². The Bertz CT molecular complexity index is 262. The quantitative estimate of drug-likeness (QED) is 0.734. The predicted octanol–water partition coefficient (Wildman–Crippen LogP) is 2.12. The van der Waals surface area contributed by atoms with Crippen molar-refractivity contribution < 1.29 is 0 Å². The van der Waals surface area contributed by atoms with E-state index in [2.05, 4.69) is 22.2 Å². The number of aromatic nitrogens is 2. The molecular formula is C8H12ClN3. The molecule has 0 aliphatic carbocycles. The van der Waals surface area contributed by atoms with Crippen LogP contribution in [0.5, 0.6) is 0 Å². The van der Waals surface area contributed by atoms with Crippen molar-refractivity contribution in [3.8, 4) is 0 Å². The molecular weight excluding hydrogens is 174 g/mol. The van der Waals surface area contributed by atoms with Crippen LogP contribution in [0, 0.1) is 0 Å². The van der Waals surface area contributed by atoms with E-state index in [1.165, 1.54) is 6.33 Å². The first-order valence-electron chi connectivity index (χ1n) is 3.96. The molecule has 66 valence electrons. The van der Waals surface area contributed by atoms with Gasteiger partial charge in [0.15, 0.2) is 0 Å². The summed E-state index contributed by atoms with van der Waals surface area (Å²) in [6, 6.07) is 0. The molecule has 0 unspecified atom stereocenters. The Morgan fingerprint density at radius 3 is 2.83 bits per heavy atom. The third-order valence-corrected chi connectivity index (χ3v) is 1.96. The molecule has 1 rings (SSSR count). The summed E-state index contributed by atoms with van der Waals surface area (Å²) in [5, 5.41) is 3.54. The highest BCUT2D eigenvalue weighted by Gasteiger charge is 2.06. The minimum atomic E-state index is 0.552. The number of hydrogen-bond donors (Lipinski definition) is 1. The normalized spacial score (nSPS) is 9.92. The Morgan fingerprint density at radius 2 is 2.25 bits per heavy atom. The van der Waals surface area contributed by atoms with Gasteiger partial charge in [-0.1, -0.05) is 24.9 Å². The van der Waals surface area contributed by atoms with Gasteiger partial charge in [-0.25, -0.2) is 9.97 Å². The van der Waals surface area contributed by atoms with Gasteiger partial charge >= 0.3 is 0 Å². The number of nitrogens with one attached hydrogen (secondary N) is 1. The molecule has 0 saturated carbocycles. The average molecular weight is 186 g/mol. The molecule has 1 N–H and O–H groups in total. The summed E-state index contributed by atoms with van der Waals surface area (Å²) < 4.78 is 0. The van der Waals surface area contributed by atoms with Gasteiger partial charge in [0.2, 0.25) is 0 Å². The van der Waals surface area contributed by atoms with E-state index in [4.69, 9.17) is 11.6 Å². The zero-order valence-electron chi connectivity index (χ0n) is 7.26. The van der Waals surface area contributed by atoms with Gasteiger partial charge in [0.25, 0.3) is 0 Å². The van der Waals surface area contributed by atoms with Gasteiger partial charge in [0, 0.05) is 12.6 Å². The van der Waals surface area contributed by atoms with E-state index in [1.54, 1.807) is 0 Å². The maximum Gasteiger partial charge on any atom is 0.137 e. The van der Waals surface area contributed by atoms with Gasteiger partial charge in [-0.2, -0.15) is 0 Å². The molecule has 0 amide bonds. The van der Waals surface area contributed by atoms with E-state index in [0.717, 1.165) is 24.2 Å². The van der Waals surface area contributed by atoms with Crippen LogP contribution in [-0.2, 0) is 6.42 Å². The zero-order chi connectivity index (χ0) is 8.97. The highest BCUT2D eigenvalue weighted by atomic mass is 35.5. The monoisotopic (exact) mass is 185 g/mol. The fourth-order valence-corrected chi connectivity index (χ4v) is 1.31. The van der Waals surface area contributed by atoms with Crippen molar-refractivity contribution in [2.45, 2.75) is 19.8 Å². The lowest BCUT2D eigenvalue weighted by Crippen LogP contribution is -2.00. The molecule has 1 heterocycles. The molecule has 4 heteroatoms. The first-order valence-corrected chi connectivity index (χ1v) is 4.34. The molecule has 0 atom stereocenters. The van der Waals surface area contributed by atoms with E-state index in [1.807, 2.05) is 7.05 Å². The van der Waals surface area contributed by atoms with Crippen LogP contribution in [0.2, 0.25) is 5.15 Å². The second-order valence-electron chi connectivity index (χ2n) is 2.49. The number of nitrogens with zero attached hydrogens (tertiary/aromatic N) is 2. The number of halogens is 1. The number of hydrogen-bond acceptors (Lipinski definition) is 3. The van der Waals surface area contributed by atoms with Crippen LogP contribution >= 0.6 is 11.6 Å². The third kappa shape index (κ3) is 1.85. The van der Waals surface area contributed by atoms with Crippen molar-refractivity contribution in [1.82, 2.24) is 9.97 Å². The minimum Gasteiger partial charge on any atom is -0.373 e. The molecule has 0 saturated heterocycles. The first-order chi connectivity index (χ1) is 5.79. The summed E-state index contributed by atoms with van der Waals surface area (Å²) in [6.07, 6.45) is 3.42. The lowest BCUT2D eigenvalue weighted by molar-refractivity contribution is 0.903. The second kappa shape index (κ2) is 4.26. The summed E-state index contributed by atoms with van der Waals surface area (Å²) >= 11 is 5.90. The van der Waals surface area contributed by atoms with Crippen LogP contribution in [0.4, 0.5) is 5.82 Å². The van der Waals surface area contributed by atoms with Crippen LogP contribution < -0.4 is 5.32 Å². The highest BCUT2D eigenvalue weighted by Crippen LogP contribution is 2.20. The predicted molar refractivity (Wildman–Crippen MR) is 50.6 cm³/mol. The molecule has 0 spiro atoms. The Balaban J connectivity index is 3.02. The highest BCUT2D eigenvalue weighted by molar-refractivity contribution is 6.30. The molecule has 0 aromatic carbocycles. The molecule has 0 aliphatic rings. The molecule has 0 fully saturated rings. The van der Waals surface area contributed by atoms with Gasteiger partial charge in [-0.15, -0.1) is 0 Å². The molecule has 1 aromatic rings. The fourth-order valence-electron chi connectivity index (χ4n) is 1.08. The maximum atomic E-state index is 5.90. The largest absolute Gasteiger partial charge is 0.373 e. The fraction of sp³-hybridized carbons (Fsp3) is 0.500. The average Bonchev–Trinajstić information content (AvgIpc) is 2.09. The molecule has 0 radical (unpaired) electrons. The Hall–Kier alpha value is -0.830. The standard InChI is InChI=1S/C8H12ClN3/c1-3-4-6-7(9)11-5-12-8(6)10-2/h5H,3-4H2,1-2H3,(H,10,11,12). The molecule has 12 heavy (non-hydrogen) atoms. The van der Waals surface area contributed by atoms with Crippen molar-refractivity contribution in [2.75, 3.05) is 12.4 Å². The van der Waals surface area contributed by atoms with Crippen molar-refractivity contribution in [3.05, 3.63) is 17.0 Å². The lowest BCUT2D eigenvalue weighted by Gasteiger charge is -2.06. The van der Waals surface area contributed by atoms with Crippen molar-refractivity contribution in [3.63, 3.8) is 0 Å². The van der Waals surface area contributed by atoms with Crippen molar-refractivity contribution >= 4 is 17.4 Å². The number of anilines is 1. The van der Waals surface area contributed by atoms with Crippen LogP contribution in [0.3, 0.4) is 0 Å². The summed E-state index contributed by atoms with van der Waals surface area (Å²) in [5.74, 6) is 0.830.